The van der Waals surface area contributed by atoms with Crippen molar-refractivity contribution in [2.24, 2.45) is 0 Å². The molecule has 1 N–H and O–H groups in total. The van der Waals surface area contributed by atoms with Gasteiger partial charge in [0, 0.05) is 25.3 Å². The fraction of sp³-hybridized carbons (Fsp3) is 0.143. The van der Waals surface area contributed by atoms with Gasteiger partial charge in [-0.3, -0.25) is 4.79 Å². The van der Waals surface area contributed by atoms with E-state index in [1.165, 1.54) is 38.4 Å². The molecule has 1 heterocycles. The predicted molar refractivity (Wildman–Crippen MR) is 120 cm³/mol. The first-order chi connectivity index (χ1) is 15.1. The molecule has 0 unspecified atom stereocenters. The highest BCUT2D eigenvalue weighted by atomic mass is 35.5. The molecule has 11 heteroatoms. The number of nitrogens with zero attached hydrogens (tertiary/aromatic N) is 1. The quantitative estimate of drug-likeness (QED) is 0.488. The van der Waals surface area contributed by atoms with Crippen molar-refractivity contribution in [3.63, 3.8) is 0 Å². The van der Waals surface area contributed by atoms with Crippen molar-refractivity contribution in [3.8, 4) is 11.3 Å². The first-order valence-corrected chi connectivity index (χ1v) is 11.3. The van der Waals surface area contributed by atoms with Gasteiger partial charge in [0.25, 0.3) is 5.91 Å². The van der Waals surface area contributed by atoms with E-state index in [0.717, 1.165) is 4.31 Å². The number of halogens is 2. The van der Waals surface area contributed by atoms with Crippen LogP contribution in [0.2, 0.25) is 10.0 Å². The second-order valence-corrected chi connectivity index (χ2v) is 9.64. The number of esters is 1. The van der Waals surface area contributed by atoms with E-state index in [0.29, 0.717) is 16.3 Å². The third-order valence-electron chi connectivity index (χ3n) is 4.25. The van der Waals surface area contributed by atoms with Crippen LogP contribution in [0.5, 0.6) is 0 Å². The van der Waals surface area contributed by atoms with Crippen LogP contribution >= 0.6 is 23.2 Å². The molecule has 0 radical (unpaired) electrons. The van der Waals surface area contributed by atoms with E-state index in [4.69, 9.17) is 32.4 Å². The minimum Gasteiger partial charge on any atom is -0.450 e. The van der Waals surface area contributed by atoms with Crippen LogP contribution in [0, 0.1) is 0 Å². The Labute approximate surface area is 194 Å². The van der Waals surface area contributed by atoms with Crippen molar-refractivity contribution in [3.05, 3.63) is 70.4 Å². The van der Waals surface area contributed by atoms with Gasteiger partial charge in [0.2, 0.25) is 15.8 Å². The van der Waals surface area contributed by atoms with Gasteiger partial charge in [-0.2, -0.15) is 0 Å². The monoisotopic (exact) mass is 496 g/mol. The summed E-state index contributed by atoms with van der Waals surface area (Å²) >= 11 is 12.1. The summed E-state index contributed by atoms with van der Waals surface area (Å²) in [5.74, 6) is -1.24. The molecule has 0 aliphatic carbocycles. The molecule has 0 saturated carbocycles. The summed E-state index contributed by atoms with van der Waals surface area (Å²) in [5.41, 5.74) is 0.784. The van der Waals surface area contributed by atoms with Crippen LogP contribution in [-0.4, -0.2) is 45.3 Å². The summed E-state index contributed by atoms with van der Waals surface area (Å²) in [6.07, 6.45) is 0. The highest BCUT2D eigenvalue weighted by Crippen LogP contribution is 2.29. The Morgan fingerprint density at radius 1 is 1.03 bits per heavy atom. The Hall–Kier alpha value is -2.85. The largest absolute Gasteiger partial charge is 0.450 e. The summed E-state index contributed by atoms with van der Waals surface area (Å²) in [6, 6.07) is 13.9. The zero-order valence-electron chi connectivity index (χ0n) is 17.0. The second-order valence-electron chi connectivity index (χ2n) is 6.70. The van der Waals surface area contributed by atoms with Crippen molar-refractivity contribution < 1.29 is 27.2 Å². The molecule has 2 aromatic carbocycles. The molecule has 32 heavy (non-hydrogen) atoms. The molecule has 0 atom stereocenters. The third-order valence-corrected chi connectivity index (χ3v) is 6.88. The number of rotatable bonds is 7. The van der Waals surface area contributed by atoms with Crippen molar-refractivity contribution in [2.45, 2.75) is 4.90 Å². The first-order valence-electron chi connectivity index (χ1n) is 9.13. The Morgan fingerprint density at radius 3 is 2.44 bits per heavy atom. The van der Waals surface area contributed by atoms with Crippen molar-refractivity contribution in [1.82, 2.24) is 4.31 Å². The molecule has 0 saturated heterocycles. The fourth-order valence-corrected chi connectivity index (χ4v) is 4.25. The van der Waals surface area contributed by atoms with E-state index in [9.17, 15) is 18.0 Å². The number of carbonyl (C=O) groups is 2. The number of amides is 1. The summed E-state index contributed by atoms with van der Waals surface area (Å²) < 4.78 is 36.1. The number of hydrogen-bond donors (Lipinski definition) is 1. The van der Waals surface area contributed by atoms with Gasteiger partial charge in [0.15, 0.2) is 6.61 Å². The van der Waals surface area contributed by atoms with E-state index >= 15 is 0 Å². The maximum absolute atomic E-state index is 12.3. The molecule has 0 aliphatic heterocycles. The van der Waals surface area contributed by atoms with E-state index < -0.39 is 28.5 Å². The molecule has 0 spiro atoms. The highest BCUT2D eigenvalue weighted by Gasteiger charge is 2.22. The lowest BCUT2D eigenvalue weighted by Gasteiger charge is -2.14. The lowest BCUT2D eigenvalue weighted by Crippen LogP contribution is -2.23. The number of benzene rings is 2. The van der Waals surface area contributed by atoms with Gasteiger partial charge in [-0.1, -0.05) is 35.3 Å². The van der Waals surface area contributed by atoms with Gasteiger partial charge < -0.3 is 14.5 Å². The van der Waals surface area contributed by atoms with Gasteiger partial charge >= 0.3 is 5.97 Å². The number of ether oxygens (including phenoxy) is 1. The Balaban J connectivity index is 1.63. The summed E-state index contributed by atoms with van der Waals surface area (Å²) in [4.78, 5) is 24.2. The van der Waals surface area contributed by atoms with E-state index in [1.807, 2.05) is 0 Å². The highest BCUT2D eigenvalue weighted by molar-refractivity contribution is 7.89. The molecule has 168 valence electrons. The fourth-order valence-electron chi connectivity index (χ4n) is 2.63. The average molecular weight is 497 g/mol. The molecule has 0 aliphatic rings. The van der Waals surface area contributed by atoms with E-state index in [1.54, 1.807) is 30.3 Å². The maximum Gasteiger partial charge on any atom is 0.374 e. The number of anilines is 1. The first kappa shape index (κ1) is 23.8. The lowest BCUT2D eigenvalue weighted by molar-refractivity contribution is -0.119. The number of sulfonamides is 1. The van der Waals surface area contributed by atoms with Crippen LogP contribution in [0.3, 0.4) is 0 Å². The van der Waals surface area contributed by atoms with Crippen molar-refractivity contribution in [2.75, 3.05) is 26.0 Å². The van der Waals surface area contributed by atoms with Crippen LogP contribution in [0.25, 0.3) is 11.3 Å². The zero-order chi connectivity index (χ0) is 23.5. The summed E-state index contributed by atoms with van der Waals surface area (Å²) in [6.45, 7) is -0.612. The standard InChI is InChI=1S/C21H18Cl2N2O6S/c1-25(2)32(28,29)19-11-13(7-8-16(19)23)24-20(26)12-30-21(27)18-10-9-17(31-18)14-5-3-4-6-15(14)22/h3-11H,12H2,1-2H3,(H,24,26). The molecule has 1 aromatic heterocycles. The molecule has 3 aromatic rings. The molecular formula is C21H18Cl2N2O6S. The molecule has 3 rings (SSSR count). The van der Waals surface area contributed by atoms with Crippen molar-refractivity contribution in [1.29, 1.82) is 0 Å². The molecular weight excluding hydrogens is 479 g/mol. The van der Waals surface area contributed by atoms with Crippen LogP contribution in [0.1, 0.15) is 10.6 Å². The van der Waals surface area contributed by atoms with Gasteiger partial charge in [-0.25, -0.2) is 17.5 Å². The van der Waals surface area contributed by atoms with Gasteiger partial charge in [0.05, 0.1) is 10.0 Å². The van der Waals surface area contributed by atoms with Crippen LogP contribution in [-0.2, 0) is 19.6 Å². The molecule has 1 amide bonds. The second kappa shape index (κ2) is 9.74. The maximum atomic E-state index is 12.3. The Bertz CT molecular complexity index is 1270. The summed E-state index contributed by atoms with van der Waals surface area (Å²) in [7, 11) is -1.08. The Kier molecular flexibility index (Phi) is 7.25. The number of carbonyl (C=O) groups excluding carboxylic acids is 2. The number of hydrogen-bond acceptors (Lipinski definition) is 6. The minimum atomic E-state index is -3.81. The van der Waals surface area contributed by atoms with Crippen LogP contribution in [0.4, 0.5) is 5.69 Å². The predicted octanol–water partition coefficient (Wildman–Crippen LogP) is 4.30. The van der Waals surface area contributed by atoms with Crippen molar-refractivity contribution >= 4 is 50.8 Å². The van der Waals surface area contributed by atoms with Gasteiger partial charge in [-0.05, 0) is 42.5 Å². The van der Waals surface area contributed by atoms with Crippen LogP contribution < -0.4 is 5.32 Å². The Morgan fingerprint density at radius 2 is 1.75 bits per heavy atom. The van der Waals surface area contributed by atoms with E-state index in [2.05, 4.69) is 5.32 Å². The van der Waals surface area contributed by atoms with Gasteiger partial charge in [0.1, 0.15) is 10.7 Å². The SMILES string of the molecule is CN(C)S(=O)(=O)c1cc(NC(=O)COC(=O)c2ccc(-c3ccccc3Cl)o2)ccc1Cl. The smallest absolute Gasteiger partial charge is 0.374 e. The zero-order valence-corrected chi connectivity index (χ0v) is 19.3. The minimum absolute atomic E-state index is 0.00951. The summed E-state index contributed by atoms with van der Waals surface area (Å²) in [5, 5.41) is 2.93. The lowest BCUT2D eigenvalue weighted by atomic mass is 10.2. The van der Waals surface area contributed by atoms with Gasteiger partial charge in [-0.15, -0.1) is 0 Å². The molecule has 0 fully saturated rings. The topological polar surface area (TPSA) is 106 Å². The van der Waals surface area contributed by atoms with Crippen LogP contribution in [0.15, 0.2) is 63.9 Å². The normalized spacial score (nSPS) is 11.4. The third kappa shape index (κ3) is 5.31. The molecule has 0 bridgehead atoms. The number of nitrogens with one attached hydrogen (secondary N) is 1. The van der Waals surface area contributed by atoms with E-state index in [-0.39, 0.29) is 21.4 Å². The number of furan rings is 1. The average Bonchev–Trinajstić information content (AvgIpc) is 3.23. The molecule has 8 nitrogen and oxygen atoms in total.